The van der Waals surface area contributed by atoms with Crippen molar-refractivity contribution < 1.29 is 14.6 Å². The molecule has 0 aliphatic heterocycles. The molecule has 5 nitrogen and oxygen atoms in total. The smallest absolute Gasteiger partial charge is 0.310 e. The van der Waals surface area contributed by atoms with Gasteiger partial charge in [0.05, 0.1) is 17.9 Å². The number of esters is 1. The Morgan fingerprint density at radius 1 is 1.50 bits per heavy atom. The Bertz CT molecular complexity index is 207. The second kappa shape index (κ2) is 9.01. The van der Waals surface area contributed by atoms with Gasteiger partial charge in [0.25, 0.3) is 0 Å². The Kier molecular flexibility index (Phi) is 8.97. The van der Waals surface area contributed by atoms with E-state index in [-0.39, 0.29) is 13.0 Å². The minimum Gasteiger partial charge on any atom is -0.445 e. The van der Waals surface area contributed by atoms with Gasteiger partial charge in [-0.15, -0.1) is 23.2 Å². The lowest BCUT2D eigenvalue weighted by atomic mass is 10.2. The Labute approximate surface area is 105 Å². The van der Waals surface area contributed by atoms with Crippen LogP contribution in [0.4, 0.5) is 0 Å². The van der Waals surface area contributed by atoms with Crippen LogP contribution in [0.3, 0.4) is 0 Å². The van der Waals surface area contributed by atoms with Crippen LogP contribution in [0, 0.1) is 0 Å². The first-order valence-corrected chi connectivity index (χ1v) is 6.01. The standard InChI is InChI=1S/C9H18Cl2N2O3/c10-3-1-2-7(11)9(13)16-8(15)4-6(14)5-12/h6-7,9,14H,1-5,12-13H2. The lowest BCUT2D eigenvalue weighted by molar-refractivity contribution is -0.151. The van der Waals surface area contributed by atoms with Gasteiger partial charge in [0.15, 0.2) is 6.23 Å². The van der Waals surface area contributed by atoms with E-state index in [4.69, 9.17) is 44.5 Å². The van der Waals surface area contributed by atoms with E-state index in [0.29, 0.717) is 18.7 Å². The molecule has 0 aromatic rings. The maximum absolute atomic E-state index is 11.2. The minimum atomic E-state index is -0.906. The van der Waals surface area contributed by atoms with Crippen LogP contribution in [0.1, 0.15) is 19.3 Å². The number of hydrogen-bond donors (Lipinski definition) is 3. The molecule has 0 saturated heterocycles. The summed E-state index contributed by atoms with van der Waals surface area (Å²) in [5, 5.41) is 8.63. The number of halogens is 2. The third kappa shape index (κ3) is 7.24. The summed E-state index contributed by atoms with van der Waals surface area (Å²) >= 11 is 11.4. The number of hydrogen-bond acceptors (Lipinski definition) is 5. The molecule has 0 spiro atoms. The lowest BCUT2D eigenvalue weighted by Gasteiger charge is -2.18. The van der Waals surface area contributed by atoms with Crippen LogP contribution in [0.15, 0.2) is 0 Å². The molecular formula is C9H18Cl2N2O3. The molecule has 5 N–H and O–H groups in total. The van der Waals surface area contributed by atoms with E-state index in [2.05, 4.69) is 0 Å². The van der Waals surface area contributed by atoms with Crippen LogP contribution >= 0.6 is 23.2 Å². The van der Waals surface area contributed by atoms with Crippen molar-refractivity contribution in [2.24, 2.45) is 11.5 Å². The van der Waals surface area contributed by atoms with E-state index in [9.17, 15) is 4.79 Å². The van der Waals surface area contributed by atoms with Gasteiger partial charge in [0.2, 0.25) is 0 Å². The van der Waals surface area contributed by atoms with Crippen molar-refractivity contribution in [3.05, 3.63) is 0 Å². The second-order valence-electron chi connectivity index (χ2n) is 3.40. The Hall–Kier alpha value is -0.0700. The summed E-state index contributed by atoms with van der Waals surface area (Å²) in [4.78, 5) is 11.2. The maximum atomic E-state index is 11.2. The van der Waals surface area contributed by atoms with Gasteiger partial charge < -0.3 is 15.6 Å². The van der Waals surface area contributed by atoms with Gasteiger partial charge in [-0.05, 0) is 12.8 Å². The summed E-state index contributed by atoms with van der Waals surface area (Å²) in [7, 11) is 0. The molecule has 0 aliphatic carbocycles. The number of aliphatic hydroxyl groups excluding tert-OH is 1. The lowest BCUT2D eigenvalue weighted by Crippen LogP contribution is -2.37. The summed E-state index contributed by atoms with van der Waals surface area (Å²) in [5.74, 6) is -0.127. The molecule has 3 atom stereocenters. The van der Waals surface area contributed by atoms with Crippen LogP contribution < -0.4 is 11.5 Å². The number of nitrogens with two attached hydrogens (primary N) is 2. The SMILES string of the molecule is NCC(O)CC(=O)OC(N)C(Cl)CCCCl. The molecular weight excluding hydrogens is 255 g/mol. The van der Waals surface area contributed by atoms with E-state index in [1.807, 2.05) is 0 Å². The molecule has 0 fully saturated rings. The van der Waals surface area contributed by atoms with Gasteiger partial charge in [0, 0.05) is 12.4 Å². The Morgan fingerprint density at radius 2 is 2.12 bits per heavy atom. The molecule has 0 saturated carbocycles. The van der Waals surface area contributed by atoms with Crippen LogP contribution in [-0.2, 0) is 9.53 Å². The zero-order valence-electron chi connectivity index (χ0n) is 8.94. The minimum absolute atomic E-state index is 0.000883. The summed E-state index contributed by atoms with van der Waals surface area (Å²) in [5.41, 5.74) is 10.7. The van der Waals surface area contributed by atoms with Crippen molar-refractivity contribution in [2.45, 2.75) is 37.0 Å². The summed E-state index contributed by atoms with van der Waals surface area (Å²) < 4.78 is 4.83. The average molecular weight is 273 g/mol. The largest absolute Gasteiger partial charge is 0.445 e. The van der Waals surface area contributed by atoms with Crippen LogP contribution in [0.5, 0.6) is 0 Å². The fourth-order valence-electron chi connectivity index (χ4n) is 0.986. The van der Waals surface area contributed by atoms with Crippen molar-refractivity contribution in [3.63, 3.8) is 0 Å². The summed E-state index contributed by atoms with van der Waals surface area (Å²) in [6, 6.07) is 0. The monoisotopic (exact) mass is 272 g/mol. The van der Waals surface area contributed by atoms with Crippen molar-refractivity contribution in [2.75, 3.05) is 12.4 Å². The van der Waals surface area contributed by atoms with Gasteiger partial charge in [-0.25, -0.2) is 0 Å². The first-order chi connectivity index (χ1) is 7.51. The van der Waals surface area contributed by atoms with E-state index >= 15 is 0 Å². The molecule has 96 valence electrons. The van der Waals surface area contributed by atoms with Gasteiger partial charge in [-0.1, -0.05) is 0 Å². The van der Waals surface area contributed by atoms with Crippen molar-refractivity contribution in [3.8, 4) is 0 Å². The highest BCUT2D eigenvalue weighted by molar-refractivity contribution is 6.21. The average Bonchev–Trinajstić information content (AvgIpc) is 2.25. The number of aliphatic hydroxyl groups is 1. The topological polar surface area (TPSA) is 98.6 Å². The molecule has 3 unspecified atom stereocenters. The number of carbonyl (C=O) groups is 1. The number of carbonyl (C=O) groups excluding carboxylic acids is 1. The Balaban J connectivity index is 3.84. The highest BCUT2D eigenvalue weighted by Gasteiger charge is 2.20. The molecule has 0 aromatic heterocycles. The molecule has 0 aromatic carbocycles. The van der Waals surface area contributed by atoms with Crippen LogP contribution in [0.25, 0.3) is 0 Å². The molecule has 7 heteroatoms. The third-order valence-electron chi connectivity index (χ3n) is 1.91. The predicted octanol–water partition coefficient (Wildman–Crippen LogP) is 0.150. The molecule has 0 aliphatic rings. The normalized spacial score (nSPS) is 16.6. The van der Waals surface area contributed by atoms with E-state index in [0.717, 1.165) is 0 Å². The number of ether oxygens (including phenoxy) is 1. The molecule has 0 bridgehead atoms. The fraction of sp³-hybridized carbons (Fsp3) is 0.889. The molecule has 16 heavy (non-hydrogen) atoms. The zero-order valence-corrected chi connectivity index (χ0v) is 10.5. The Morgan fingerprint density at radius 3 is 2.62 bits per heavy atom. The quantitative estimate of drug-likeness (QED) is 0.332. The van der Waals surface area contributed by atoms with Crippen LogP contribution in [-0.4, -0.2) is 41.2 Å². The van der Waals surface area contributed by atoms with Gasteiger partial charge in [-0.2, -0.15) is 0 Å². The molecule has 0 rings (SSSR count). The van der Waals surface area contributed by atoms with Crippen molar-refractivity contribution in [1.82, 2.24) is 0 Å². The first kappa shape index (κ1) is 15.9. The van der Waals surface area contributed by atoms with Gasteiger partial charge in [-0.3, -0.25) is 10.5 Å². The van der Waals surface area contributed by atoms with E-state index in [1.54, 1.807) is 0 Å². The van der Waals surface area contributed by atoms with Crippen LogP contribution in [0.2, 0.25) is 0 Å². The number of alkyl halides is 2. The molecule has 0 heterocycles. The highest BCUT2D eigenvalue weighted by Crippen LogP contribution is 2.11. The highest BCUT2D eigenvalue weighted by atomic mass is 35.5. The van der Waals surface area contributed by atoms with E-state index in [1.165, 1.54) is 0 Å². The number of rotatable bonds is 8. The molecule has 0 radical (unpaired) electrons. The summed E-state index contributed by atoms with van der Waals surface area (Å²) in [6.45, 7) is 0.000883. The van der Waals surface area contributed by atoms with E-state index < -0.39 is 23.7 Å². The zero-order chi connectivity index (χ0) is 12.6. The predicted molar refractivity (Wildman–Crippen MR) is 63.3 cm³/mol. The van der Waals surface area contributed by atoms with Gasteiger partial charge in [0.1, 0.15) is 0 Å². The fourth-order valence-corrected chi connectivity index (χ4v) is 1.35. The second-order valence-corrected chi connectivity index (χ2v) is 4.33. The van der Waals surface area contributed by atoms with Crippen molar-refractivity contribution >= 4 is 29.2 Å². The summed E-state index contributed by atoms with van der Waals surface area (Å²) in [6.07, 6.45) is -0.701. The molecule has 0 amide bonds. The maximum Gasteiger partial charge on any atom is 0.310 e. The van der Waals surface area contributed by atoms with Gasteiger partial charge >= 0.3 is 5.97 Å². The first-order valence-electron chi connectivity index (χ1n) is 5.04. The van der Waals surface area contributed by atoms with Crippen molar-refractivity contribution in [1.29, 1.82) is 0 Å². The third-order valence-corrected chi connectivity index (χ3v) is 2.65.